The number of hydrogen-bond acceptors (Lipinski definition) is 6. The Morgan fingerprint density at radius 1 is 1.00 bits per heavy atom. The predicted molar refractivity (Wildman–Crippen MR) is 137 cm³/mol. The van der Waals surface area contributed by atoms with E-state index in [1.807, 2.05) is 53.9 Å². The summed E-state index contributed by atoms with van der Waals surface area (Å²) < 4.78 is 16.2. The molecule has 1 saturated carbocycles. The van der Waals surface area contributed by atoms with Crippen molar-refractivity contribution in [2.45, 2.75) is 25.4 Å². The van der Waals surface area contributed by atoms with Crippen molar-refractivity contribution in [3.63, 3.8) is 0 Å². The topological polar surface area (TPSA) is 68.3 Å². The molecule has 3 aromatic rings. The van der Waals surface area contributed by atoms with E-state index in [0.29, 0.717) is 37.7 Å². The van der Waals surface area contributed by atoms with Gasteiger partial charge in [-0.1, -0.05) is 42.5 Å². The first-order chi connectivity index (χ1) is 17.6. The number of carbonyl (C=O) groups excluding carboxylic acids is 2. The van der Waals surface area contributed by atoms with Crippen LogP contribution in [-0.2, 0) is 27.4 Å². The van der Waals surface area contributed by atoms with Crippen molar-refractivity contribution in [3.8, 4) is 11.5 Å². The van der Waals surface area contributed by atoms with Crippen LogP contribution in [0.25, 0.3) is 0 Å². The number of rotatable bonds is 11. The van der Waals surface area contributed by atoms with Gasteiger partial charge in [-0.2, -0.15) is 0 Å². The fourth-order valence-electron chi connectivity index (χ4n) is 4.59. The molecule has 2 amide bonds. The second kappa shape index (κ2) is 11.1. The molecule has 188 valence electrons. The molecule has 36 heavy (non-hydrogen) atoms. The van der Waals surface area contributed by atoms with Gasteiger partial charge in [0.25, 0.3) is 0 Å². The Morgan fingerprint density at radius 2 is 1.83 bits per heavy atom. The van der Waals surface area contributed by atoms with Crippen LogP contribution in [0.1, 0.15) is 28.3 Å². The van der Waals surface area contributed by atoms with Gasteiger partial charge in [0, 0.05) is 31.0 Å². The van der Waals surface area contributed by atoms with Crippen LogP contribution in [0.15, 0.2) is 66.0 Å². The van der Waals surface area contributed by atoms with E-state index in [4.69, 9.17) is 14.2 Å². The molecule has 2 atom stereocenters. The van der Waals surface area contributed by atoms with E-state index in [2.05, 4.69) is 12.1 Å². The summed E-state index contributed by atoms with van der Waals surface area (Å²) in [6.45, 7) is 1.89. The molecule has 1 aliphatic heterocycles. The summed E-state index contributed by atoms with van der Waals surface area (Å²) in [6.07, 6.45) is 0.816. The Balaban J connectivity index is 1.30. The van der Waals surface area contributed by atoms with E-state index in [1.165, 1.54) is 5.56 Å². The highest BCUT2D eigenvalue weighted by Gasteiger charge is 2.46. The molecule has 2 aliphatic rings. The van der Waals surface area contributed by atoms with Gasteiger partial charge in [0.1, 0.15) is 0 Å². The quantitative estimate of drug-likeness (QED) is 0.388. The summed E-state index contributed by atoms with van der Waals surface area (Å²) >= 11 is 1.61. The number of methoxy groups -OCH3 is 1. The third-order valence-corrected chi connectivity index (χ3v) is 7.49. The van der Waals surface area contributed by atoms with Crippen LogP contribution >= 0.6 is 11.3 Å². The van der Waals surface area contributed by atoms with Gasteiger partial charge in [0.2, 0.25) is 18.6 Å². The number of fused-ring (bicyclic) bond motifs is 1. The molecule has 0 unspecified atom stereocenters. The van der Waals surface area contributed by atoms with Crippen molar-refractivity contribution in [1.29, 1.82) is 0 Å². The number of amides is 2. The Labute approximate surface area is 215 Å². The highest BCUT2D eigenvalue weighted by Crippen LogP contribution is 2.48. The zero-order chi connectivity index (χ0) is 24.9. The number of carbonyl (C=O) groups is 2. The maximum Gasteiger partial charge on any atom is 0.242 e. The van der Waals surface area contributed by atoms with Crippen molar-refractivity contribution in [2.75, 3.05) is 33.6 Å². The molecule has 0 N–H and O–H groups in total. The van der Waals surface area contributed by atoms with Crippen molar-refractivity contribution >= 4 is 23.2 Å². The second-order valence-electron chi connectivity index (χ2n) is 9.13. The minimum atomic E-state index is -0.0950. The number of nitrogens with zero attached hydrogens (tertiary/aromatic N) is 2. The van der Waals surface area contributed by atoms with Crippen LogP contribution in [0, 0.1) is 5.92 Å². The summed E-state index contributed by atoms with van der Waals surface area (Å²) in [5.74, 6) is 1.46. The molecule has 0 radical (unpaired) electrons. The minimum Gasteiger partial charge on any atom is -0.454 e. The van der Waals surface area contributed by atoms with Gasteiger partial charge in [-0.25, -0.2) is 0 Å². The molecule has 1 aromatic heterocycles. The highest BCUT2D eigenvalue weighted by atomic mass is 32.1. The van der Waals surface area contributed by atoms with Gasteiger partial charge in [-0.05, 0) is 47.0 Å². The summed E-state index contributed by atoms with van der Waals surface area (Å²) in [5, 5.41) is 2.00. The standard InChI is InChI=1S/C28H30N2O5S/c1-33-12-11-29(28(32)24-15-23(24)21-6-3-2-4-7-21)18-27(31)30(17-22-8-5-13-36-22)16-20-9-10-25-26(14-20)35-19-34-25/h2-10,13-14,23-24H,11-12,15-19H2,1H3/t23-,24+/m0/s1. The average Bonchev–Trinajstić information content (AvgIpc) is 3.27. The van der Waals surface area contributed by atoms with Gasteiger partial charge in [0.05, 0.1) is 19.7 Å². The maximum atomic E-state index is 13.6. The second-order valence-corrected chi connectivity index (χ2v) is 10.2. The largest absolute Gasteiger partial charge is 0.454 e. The predicted octanol–water partition coefficient (Wildman–Crippen LogP) is 4.28. The molecule has 1 fully saturated rings. The van der Waals surface area contributed by atoms with Crippen molar-refractivity contribution < 1.29 is 23.8 Å². The number of ether oxygens (including phenoxy) is 3. The van der Waals surface area contributed by atoms with E-state index in [-0.39, 0.29) is 37.0 Å². The van der Waals surface area contributed by atoms with Crippen molar-refractivity contribution in [1.82, 2.24) is 9.80 Å². The molecule has 0 saturated heterocycles. The lowest BCUT2D eigenvalue weighted by atomic mass is 10.1. The monoisotopic (exact) mass is 506 g/mol. The molecule has 0 spiro atoms. The van der Waals surface area contributed by atoms with Crippen LogP contribution in [-0.4, -0.2) is 55.2 Å². The minimum absolute atomic E-state index is 0.0217. The molecule has 1 aliphatic carbocycles. The molecular formula is C28H30N2O5S. The smallest absolute Gasteiger partial charge is 0.242 e. The zero-order valence-corrected chi connectivity index (χ0v) is 21.1. The van der Waals surface area contributed by atoms with E-state index in [0.717, 1.165) is 16.9 Å². The van der Waals surface area contributed by atoms with Gasteiger partial charge < -0.3 is 24.0 Å². The lowest BCUT2D eigenvalue weighted by Crippen LogP contribution is -2.44. The molecule has 7 nitrogen and oxygen atoms in total. The van der Waals surface area contributed by atoms with E-state index in [9.17, 15) is 9.59 Å². The Morgan fingerprint density at radius 3 is 2.61 bits per heavy atom. The SMILES string of the molecule is COCCN(CC(=O)N(Cc1ccc2c(c1)OCO2)Cc1cccs1)C(=O)[C@@H]1C[C@H]1c1ccccc1. The average molecular weight is 507 g/mol. The van der Waals surface area contributed by atoms with Crippen LogP contribution < -0.4 is 9.47 Å². The van der Waals surface area contributed by atoms with E-state index >= 15 is 0 Å². The van der Waals surface area contributed by atoms with Crippen LogP contribution in [0.5, 0.6) is 11.5 Å². The van der Waals surface area contributed by atoms with Gasteiger partial charge >= 0.3 is 0 Å². The zero-order valence-electron chi connectivity index (χ0n) is 20.3. The lowest BCUT2D eigenvalue weighted by Gasteiger charge is -2.28. The number of thiophene rings is 1. The fourth-order valence-corrected chi connectivity index (χ4v) is 5.31. The molecule has 2 aromatic carbocycles. The lowest BCUT2D eigenvalue weighted by molar-refractivity contribution is -0.142. The third-order valence-electron chi connectivity index (χ3n) is 6.63. The Bertz CT molecular complexity index is 1180. The van der Waals surface area contributed by atoms with Gasteiger partial charge in [-0.15, -0.1) is 11.3 Å². The first-order valence-electron chi connectivity index (χ1n) is 12.1. The molecule has 5 rings (SSSR count). The molecule has 8 heteroatoms. The van der Waals surface area contributed by atoms with Crippen LogP contribution in [0.3, 0.4) is 0 Å². The molecule has 2 heterocycles. The Kier molecular flexibility index (Phi) is 7.53. The summed E-state index contributed by atoms with van der Waals surface area (Å²) in [4.78, 5) is 31.6. The third kappa shape index (κ3) is 5.71. The van der Waals surface area contributed by atoms with E-state index < -0.39 is 0 Å². The van der Waals surface area contributed by atoms with E-state index in [1.54, 1.807) is 28.2 Å². The van der Waals surface area contributed by atoms with Crippen LogP contribution in [0.2, 0.25) is 0 Å². The fraction of sp³-hybridized carbons (Fsp3) is 0.357. The summed E-state index contributed by atoms with van der Waals surface area (Å²) in [5.41, 5.74) is 2.13. The van der Waals surface area contributed by atoms with Gasteiger partial charge in [0.15, 0.2) is 11.5 Å². The summed E-state index contributed by atoms with van der Waals surface area (Å²) in [7, 11) is 1.61. The Hall–Kier alpha value is -3.36. The van der Waals surface area contributed by atoms with Crippen molar-refractivity contribution in [3.05, 3.63) is 82.0 Å². The number of hydrogen-bond donors (Lipinski definition) is 0. The first kappa shape index (κ1) is 24.3. The number of benzene rings is 2. The highest BCUT2D eigenvalue weighted by molar-refractivity contribution is 7.09. The molecule has 0 bridgehead atoms. The molecular weight excluding hydrogens is 476 g/mol. The first-order valence-corrected chi connectivity index (χ1v) is 13.0. The van der Waals surface area contributed by atoms with Crippen LogP contribution in [0.4, 0.5) is 0 Å². The maximum absolute atomic E-state index is 13.6. The van der Waals surface area contributed by atoms with Crippen molar-refractivity contribution in [2.24, 2.45) is 5.92 Å². The van der Waals surface area contributed by atoms with Gasteiger partial charge in [-0.3, -0.25) is 9.59 Å². The summed E-state index contributed by atoms with van der Waals surface area (Å²) in [6, 6.07) is 19.9. The normalized spacial score (nSPS) is 17.6.